The van der Waals surface area contributed by atoms with Crippen molar-refractivity contribution in [3.8, 4) is 0 Å². The van der Waals surface area contributed by atoms with Gasteiger partial charge in [-0.2, -0.15) is 0 Å². The first-order chi connectivity index (χ1) is 12.5. The Kier molecular flexibility index (Phi) is 4.42. The highest BCUT2D eigenvalue weighted by molar-refractivity contribution is 8.00. The van der Waals surface area contributed by atoms with E-state index in [9.17, 15) is 14.4 Å². The third-order valence-corrected chi connectivity index (χ3v) is 6.81. The lowest BCUT2D eigenvalue weighted by Gasteiger charge is -2.33. The van der Waals surface area contributed by atoms with Gasteiger partial charge in [-0.05, 0) is 31.7 Å². The summed E-state index contributed by atoms with van der Waals surface area (Å²) in [6, 6.07) is 9.40. The van der Waals surface area contributed by atoms with Crippen molar-refractivity contribution in [3.05, 3.63) is 35.9 Å². The fourth-order valence-corrected chi connectivity index (χ4v) is 5.30. The number of nitrogens with zero attached hydrogens (tertiary/aromatic N) is 1. The standard InChI is InChI=1S/C19H22N2O4S/c1-12(17(23)20-14-7-8-14)25-18(24)15-11-26-19(10-9-16(22)21(15)19)13-5-3-2-4-6-13/h2-6,12,14-15H,7-11H2,1H3,(H,20,23)/t12-,15+,19-/m1/s1. The second-order valence-electron chi connectivity index (χ2n) is 7.10. The number of nitrogens with one attached hydrogen (secondary N) is 1. The molecule has 0 aromatic heterocycles. The van der Waals surface area contributed by atoms with Crippen LogP contribution in [0.4, 0.5) is 0 Å². The van der Waals surface area contributed by atoms with Crippen molar-refractivity contribution >= 4 is 29.5 Å². The van der Waals surface area contributed by atoms with Crippen LogP contribution in [0, 0.1) is 0 Å². The van der Waals surface area contributed by atoms with E-state index in [1.807, 2.05) is 30.3 Å². The minimum Gasteiger partial charge on any atom is -0.451 e. The van der Waals surface area contributed by atoms with Crippen molar-refractivity contribution < 1.29 is 19.1 Å². The van der Waals surface area contributed by atoms with E-state index in [-0.39, 0.29) is 17.9 Å². The summed E-state index contributed by atoms with van der Waals surface area (Å²) >= 11 is 1.61. The van der Waals surface area contributed by atoms with Gasteiger partial charge in [0.05, 0.1) is 0 Å². The van der Waals surface area contributed by atoms with Gasteiger partial charge in [0.25, 0.3) is 5.91 Å². The lowest BCUT2D eigenvalue weighted by atomic mass is 10.0. The molecule has 6 nitrogen and oxygen atoms in total. The van der Waals surface area contributed by atoms with E-state index in [1.54, 1.807) is 23.6 Å². The van der Waals surface area contributed by atoms with Gasteiger partial charge in [0.1, 0.15) is 10.9 Å². The first-order valence-corrected chi connectivity index (χ1v) is 10.0. The molecule has 1 saturated carbocycles. The Balaban J connectivity index is 1.49. The van der Waals surface area contributed by atoms with E-state index >= 15 is 0 Å². The highest BCUT2D eigenvalue weighted by atomic mass is 32.2. The van der Waals surface area contributed by atoms with Crippen LogP contribution < -0.4 is 5.32 Å². The van der Waals surface area contributed by atoms with E-state index in [0.29, 0.717) is 18.6 Å². The number of hydrogen-bond donors (Lipinski definition) is 1. The molecule has 138 valence electrons. The quantitative estimate of drug-likeness (QED) is 0.796. The molecule has 3 atom stereocenters. The zero-order valence-corrected chi connectivity index (χ0v) is 15.5. The molecule has 2 amide bonds. The van der Waals surface area contributed by atoms with Crippen molar-refractivity contribution in [3.63, 3.8) is 0 Å². The van der Waals surface area contributed by atoms with Crippen LogP contribution in [-0.2, 0) is 24.0 Å². The highest BCUT2D eigenvalue weighted by Crippen LogP contribution is 2.54. The number of esters is 1. The molecule has 2 heterocycles. The summed E-state index contributed by atoms with van der Waals surface area (Å²) in [4.78, 5) is 38.5. The average molecular weight is 374 g/mol. The summed E-state index contributed by atoms with van der Waals surface area (Å²) in [5.74, 6) is -0.315. The van der Waals surface area contributed by atoms with Crippen LogP contribution in [0.25, 0.3) is 0 Å². The Bertz CT molecular complexity index is 736. The zero-order chi connectivity index (χ0) is 18.3. The Morgan fingerprint density at radius 3 is 2.73 bits per heavy atom. The van der Waals surface area contributed by atoms with Gasteiger partial charge < -0.3 is 15.0 Å². The van der Waals surface area contributed by atoms with Crippen LogP contribution >= 0.6 is 11.8 Å². The van der Waals surface area contributed by atoms with Crippen molar-refractivity contribution in [1.82, 2.24) is 10.2 Å². The molecule has 4 rings (SSSR count). The fourth-order valence-electron chi connectivity index (χ4n) is 3.67. The Morgan fingerprint density at radius 2 is 2.04 bits per heavy atom. The number of rotatable bonds is 5. The predicted molar refractivity (Wildman–Crippen MR) is 97.2 cm³/mol. The number of carbonyl (C=O) groups excluding carboxylic acids is 3. The van der Waals surface area contributed by atoms with Crippen molar-refractivity contribution in [2.75, 3.05) is 5.75 Å². The number of hydrogen-bond acceptors (Lipinski definition) is 5. The minimum absolute atomic E-state index is 0.0316. The molecule has 3 fully saturated rings. The van der Waals surface area contributed by atoms with E-state index in [1.165, 1.54) is 0 Å². The first-order valence-electron chi connectivity index (χ1n) is 9.04. The molecule has 1 N–H and O–H groups in total. The summed E-state index contributed by atoms with van der Waals surface area (Å²) in [7, 11) is 0. The second-order valence-corrected chi connectivity index (χ2v) is 8.40. The van der Waals surface area contributed by atoms with Gasteiger partial charge in [-0.1, -0.05) is 30.3 Å². The third kappa shape index (κ3) is 2.98. The fraction of sp³-hybridized carbons (Fsp3) is 0.526. The molecule has 2 saturated heterocycles. The third-order valence-electron chi connectivity index (χ3n) is 5.21. The van der Waals surface area contributed by atoms with Crippen LogP contribution in [0.2, 0.25) is 0 Å². The van der Waals surface area contributed by atoms with Gasteiger partial charge in [-0.15, -0.1) is 11.8 Å². The van der Waals surface area contributed by atoms with Gasteiger partial charge >= 0.3 is 5.97 Å². The van der Waals surface area contributed by atoms with Gasteiger partial charge in [-0.3, -0.25) is 9.59 Å². The van der Waals surface area contributed by atoms with Gasteiger partial charge in [0.15, 0.2) is 6.10 Å². The van der Waals surface area contributed by atoms with Gasteiger partial charge in [-0.25, -0.2) is 4.79 Å². The maximum atomic E-state index is 12.7. The molecule has 7 heteroatoms. The number of benzene rings is 1. The van der Waals surface area contributed by atoms with Crippen LogP contribution in [0.15, 0.2) is 30.3 Å². The summed E-state index contributed by atoms with van der Waals surface area (Å²) in [6.07, 6.45) is 2.21. The summed E-state index contributed by atoms with van der Waals surface area (Å²) in [5, 5.41) is 2.84. The average Bonchev–Trinajstić information content (AvgIpc) is 3.27. The molecular weight excluding hydrogens is 352 g/mol. The first kappa shape index (κ1) is 17.4. The monoisotopic (exact) mass is 374 g/mol. The van der Waals surface area contributed by atoms with E-state index in [2.05, 4.69) is 5.32 Å². The number of amides is 2. The molecule has 0 spiro atoms. The molecule has 0 bridgehead atoms. The zero-order valence-electron chi connectivity index (χ0n) is 14.6. The molecule has 3 aliphatic rings. The lowest BCUT2D eigenvalue weighted by Crippen LogP contribution is -2.48. The van der Waals surface area contributed by atoms with E-state index in [0.717, 1.165) is 18.4 Å². The largest absolute Gasteiger partial charge is 0.451 e. The lowest BCUT2D eigenvalue weighted by molar-refractivity contribution is -0.161. The maximum absolute atomic E-state index is 12.7. The molecule has 0 unspecified atom stereocenters. The van der Waals surface area contributed by atoms with Crippen molar-refractivity contribution in [2.45, 2.75) is 55.7 Å². The molecule has 1 aromatic rings. The molecule has 0 radical (unpaired) electrons. The molecular formula is C19H22N2O4S. The van der Waals surface area contributed by atoms with Crippen molar-refractivity contribution in [1.29, 1.82) is 0 Å². The van der Waals surface area contributed by atoms with Crippen LogP contribution in [0.3, 0.4) is 0 Å². The van der Waals surface area contributed by atoms with Crippen LogP contribution in [-0.4, -0.2) is 46.6 Å². The second kappa shape index (κ2) is 6.61. The summed E-state index contributed by atoms with van der Waals surface area (Å²) in [5.41, 5.74) is 1.03. The van der Waals surface area contributed by atoms with E-state index in [4.69, 9.17) is 4.74 Å². The number of carbonyl (C=O) groups is 3. The highest BCUT2D eigenvalue weighted by Gasteiger charge is 2.57. The maximum Gasteiger partial charge on any atom is 0.330 e. The van der Waals surface area contributed by atoms with Crippen LogP contribution in [0.5, 0.6) is 0 Å². The summed E-state index contributed by atoms with van der Waals surface area (Å²) in [6.45, 7) is 1.58. The van der Waals surface area contributed by atoms with Gasteiger partial charge in [0.2, 0.25) is 5.91 Å². The Hall–Kier alpha value is -2.02. The SMILES string of the molecule is C[C@@H](OC(=O)[C@@H]1CS[C@@]2(c3ccccc3)CCC(=O)N12)C(=O)NC1CC1. The number of fused-ring (bicyclic) bond motifs is 1. The van der Waals surface area contributed by atoms with E-state index < -0.39 is 23.0 Å². The molecule has 1 aromatic carbocycles. The smallest absolute Gasteiger partial charge is 0.330 e. The number of ether oxygens (including phenoxy) is 1. The molecule has 26 heavy (non-hydrogen) atoms. The predicted octanol–water partition coefficient (Wildman–Crippen LogP) is 1.79. The molecule has 1 aliphatic carbocycles. The Morgan fingerprint density at radius 1 is 1.31 bits per heavy atom. The van der Waals surface area contributed by atoms with Gasteiger partial charge in [0, 0.05) is 18.2 Å². The molecule has 2 aliphatic heterocycles. The minimum atomic E-state index is -0.850. The summed E-state index contributed by atoms with van der Waals surface area (Å²) < 4.78 is 5.40. The van der Waals surface area contributed by atoms with Crippen LogP contribution in [0.1, 0.15) is 38.2 Å². The Labute approximate surface area is 156 Å². The topological polar surface area (TPSA) is 75.7 Å². The van der Waals surface area contributed by atoms with Crippen molar-refractivity contribution in [2.24, 2.45) is 0 Å². The number of thioether (sulfide) groups is 1. The normalized spacial score (nSPS) is 28.6.